The number of hydrogen-bond acceptors (Lipinski definition) is 3. The Kier molecular flexibility index (Phi) is 5.15. The van der Waals surface area contributed by atoms with Gasteiger partial charge in [-0.25, -0.2) is 10.8 Å². The Morgan fingerprint density at radius 3 is 2.89 bits per heavy atom. The lowest BCUT2D eigenvalue weighted by molar-refractivity contribution is 0.410. The van der Waals surface area contributed by atoms with Crippen LogP contribution in [0.5, 0.6) is 0 Å². The second-order valence-corrected chi connectivity index (χ2v) is 5.09. The van der Waals surface area contributed by atoms with E-state index in [9.17, 15) is 0 Å². The van der Waals surface area contributed by atoms with Crippen molar-refractivity contribution < 1.29 is 0 Å². The number of nitrogens with one attached hydrogen (secondary N) is 2. The van der Waals surface area contributed by atoms with Gasteiger partial charge in [-0.15, -0.1) is 0 Å². The summed E-state index contributed by atoms with van der Waals surface area (Å²) in [5.74, 6) is 6.21. The van der Waals surface area contributed by atoms with Crippen molar-refractivity contribution in [3.05, 3.63) is 29.6 Å². The summed E-state index contributed by atoms with van der Waals surface area (Å²) < 4.78 is 0. The van der Waals surface area contributed by atoms with Gasteiger partial charge in [-0.2, -0.15) is 0 Å². The number of rotatable bonds is 3. The molecule has 1 aromatic heterocycles. The molecule has 1 fully saturated rings. The van der Waals surface area contributed by atoms with Crippen LogP contribution in [-0.2, 0) is 6.54 Å². The Morgan fingerprint density at radius 2 is 2.21 bits per heavy atom. The topological polar surface area (TPSA) is 75.3 Å². The summed E-state index contributed by atoms with van der Waals surface area (Å²) in [6.45, 7) is 2.66. The van der Waals surface area contributed by atoms with Crippen LogP contribution < -0.4 is 16.6 Å². The monoisotopic (exact) mass is 261 g/mol. The third-order valence-electron chi connectivity index (χ3n) is 3.64. The minimum Gasteiger partial charge on any atom is -0.353 e. The average Bonchev–Trinajstić information content (AvgIpc) is 2.46. The Hall–Kier alpha value is -1.62. The Balaban J connectivity index is 1.93. The summed E-state index contributed by atoms with van der Waals surface area (Å²) in [6, 6.07) is 2.49. The largest absolute Gasteiger partial charge is 0.353 e. The molecule has 19 heavy (non-hydrogen) atoms. The highest BCUT2D eigenvalue weighted by atomic mass is 15.3. The second-order valence-electron chi connectivity index (χ2n) is 5.09. The first-order chi connectivity index (χ1) is 9.29. The van der Waals surface area contributed by atoms with E-state index in [0.29, 0.717) is 18.5 Å². The molecule has 1 aliphatic rings. The molecule has 5 heteroatoms. The van der Waals surface area contributed by atoms with Gasteiger partial charge in [-0.3, -0.25) is 10.4 Å². The predicted molar refractivity (Wildman–Crippen MR) is 77.4 cm³/mol. The fourth-order valence-corrected chi connectivity index (χ4v) is 2.40. The van der Waals surface area contributed by atoms with E-state index in [4.69, 9.17) is 5.84 Å². The molecule has 1 aliphatic carbocycles. The first-order valence-corrected chi connectivity index (χ1v) is 6.96. The highest BCUT2D eigenvalue weighted by Crippen LogP contribution is 2.17. The normalized spacial score (nSPS) is 17.3. The Bertz CT molecular complexity index is 424. The predicted octanol–water partition coefficient (Wildman–Crippen LogP) is 1.63. The third-order valence-corrected chi connectivity index (χ3v) is 3.64. The lowest BCUT2D eigenvalue weighted by atomic mass is 9.96. The van der Waals surface area contributed by atoms with Crippen LogP contribution in [0.25, 0.3) is 0 Å². The molecule has 0 spiro atoms. The highest BCUT2D eigenvalue weighted by Gasteiger charge is 2.14. The molecular weight excluding hydrogens is 238 g/mol. The Morgan fingerprint density at radius 1 is 1.42 bits per heavy atom. The smallest absolute Gasteiger partial charge is 0.206 e. The van der Waals surface area contributed by atoms with Crippen molar-refractivity contribution in [2.45, 2.75) is 51.6 Å². The van der Waals surface area contributed by atoms with E-state index in [1.807, 2.05) is 12.3 Å². The minimum absolute atomic E-state index is 0.499. The molecule has 0 atom stereocenters. The van der Waals surface area contributed by atoms with Gasteiger partial charge in [-0.05, 0) is 37.0 Å². The van der Waals surface area contributed by atoms with E-state index in [-0.39, 0.29) is 0 Å². The van der Waals surface area contributed by atoms with Crippen molar-refractivity contribution in [2.24, 2.45) is 10.8 Å². The van der Waals surface area contributed by atoms with Gasteiger partial charge in [-0.1, -0.05) is 19.3 Å². The quantitative estimate of drug-likeness (QED) is 0.334. The summed E-state index contributed by atoms with van der Waals surface area (Å²) in [6.07, 6.45) is 9.97. The number of guanidine groups is 1. The maximum Gasteiger partial charge on any atom is 0.206 e. The molecule has 1 heterocycles. The number of hydrogen-bond donors (Lipinski definition) is 3. The van der Waals surface area contributed by atoms with Crippen LogP contribution in [0.15, 0.2) is 23.5 Å². The number of aromatic nitrogens is 1. The molecule has 104 valence electrons. The fourth-order valence-electron chi connectivity index (χ4n) is 2.40. The number of pyridine rings is 1. The number of hydrazine groups is 1. The van der Waals surface area contributed by atoms with Crippen molar-refractivity contribution >= 4 is 5.96 Å². The van der Waals surface area contributed by atoms with Crippen LogP contribution in [0, 0.1) is 6.92 Å². The molecule has 4 N–H and O–H groups in total. The van der Waals surface area contributed by atoms with Crippen LogP contribution in [-0.4, -0.2) is 17.0 Å². The zero-order valence-electron chi connectivity index (χ0n) is 11.5. The molecule has 0 unspecified atom stereocenters. The molecule has 0 radical (unpaired) electrons. The standard InChI is InChI=1S/C14H23N5/c1-11-7-8-16-9-12(11)10-17-14(19-15)18-13-5-3-2-4-6-13/h7-9,13H,2-6,10,15H2,1H3,(H2,17,18,19). The number of aliphatic imine (C=N–C) groups is 1. The van der Waals surface area contributed by atoms with Crippen molar-refractivity contribution in [3.8, 4) is 0 Å². The van der Waals surface area contributed by atoms with Crippen molar-refractivity contribution in [1.82, 2.24) is 15.7 Å². The molecule has 1 aromatic rings. The summed E-state index contributed by atoms with van der Waals surface area (Å²) in [7, 11) is 0. The number of nitrogens with zero attached hydrogens (tertiary/aromatic N) is 2. The lowest BCUT2D eigenvalue weighted by Gasteiger charge is -2.24. The molecule has 1 saturated carbocycles. The number of nitrogens with two attached hydrogens (primary N) is 1. The van der Waals surface area contributed by atoms with Gasteiger partial charge in [0.15, 0.2) is 0 Å². The average molecular weight is 261 g/mol. The van der Waals surface area contributed by atoms with E-state index >= 15 is 0 Å². The molecule has 5 nitrogen and oxygen atoms in total. The van der Waals surface area contributed by atoms with Gasteiger partial charge in [0.25, 0.3) is 0 Å². The zero-order valence-corrected chi connectivity index (χ0v) is 11.5. The second kappa shape index (κ2) is 7.09. The van der Waals surface area contributed by atoms with Crippen LogP contribution >= 0.6 is 0 Å². The van der Waals surface area contributed by atoms with Crippen LogP contribution in [0.2, 0.25) is 0 Å². The summed E-state index contributed by atoms with van der Waals surface area (Å²) in [5.41, 5.74) is 4.98. The van der Waals surface area contributed by atoms with Crippen LogP contribution in [0.3, 0.4) is 0 Å². The minimum atomic E-state index is 0.499. The van der Waals surface area contributed by atoms with Crippen molar-refractivity contribution in [1.29, 1.82) is 0 Å². The first kappa shape index (κ1) is 13.8. The fraction of sp³-hybridized carbons (Fsp3) is 0.571. The maximum absolute atomic E-state index is 5.53. The van der Waals surface area contributed by atoms with Gasteiger partial charge in [0.05, 0.1) is 6.54 Å². The van der Waals surface area contributed by atoms with E-state index in [1.54, 1.807) is 6.20 Å². The molecular formula is C14H23N5. The van der Waals surface area contributed by atoms with E-state index < -0.39 is 0 Å². The summed E-state index contributed by atoms with van der Waals surface area (Å²) in [4.78, 5) is 8.62. The van der Waals surface area contributed by atoms with Gasteiger partial charge in [0.1, 0.15) is 0 Å². The molecule has 2 rings (SSSR count). The van der Waals surface area contributed by atoms with E-state index in [2.05, 4.69) is 27.6 Å². The van der Waals surface area contributed by atoms with Crippen LogP contribution in [0.1, 0.15) is 43.2 Å². The number of aryl methyl sites for hydroxylation is 1. The van der Waals surface area contributed by atoms with E-state index in [1.165, 1.54) is 37.7 Å². The molecule has 0 aliphatic heterocycles. The van der Waals surface area contributed by atoms with Gasteiger partial charge < -0.3 is 5.32 Å². The molecule has 0 bridgehead atoms. The lowest BCUT2D eigenvalue weighted by Crippen LogP contribution is -2.47. The molecule has 0 saturated heterocycles. The van der Waals surface area contributed by atoms with Gasteiger partial charge in [0.2, 0.25) is 5.96 Å². The van der Waals surface area contributed by atoms with Crippen molar-refractivity contribution in [3.63, 3.8) is 0 Å². The molecule has 0 amide bonds. The third kappa shape index (κ3) is 4.21. The molecule has 0 aromatic carbocycles. The summed E-state index contributed by atoms with van der Waals surface area (Å²) >= 11 is 0. The van der Waals surface area contributed by atoms with Gasteiger partial charge in [0, 0.05) is 18.4 Å². The van der Waals surface area contributed by atoms with Crippen molar-refractivity contribution in [2.75, 3.05) is 0 Å². The zero-order chi connectivity index (χ0) is 13.5. The Labute approximate surface area is 114 Å². The SMILES string of the molecule is Cc1ccncc1CN=C(NN)NC1CCCCC1. The highest BCUT2D eigenvalue weighted by molar-refractivity contribution is 5.79. The maximum atomic E-state index is 5.53. The van der Waals surface area contributed by atoms with E-state index in [0.717, 1.165) is 5.56 Å². The van der Waals surface area contributed by atoms with Crippen LogP contribution in [0.4, 0.5) is 0 Å². The van der Waals surface area contributed by atoms with Gasteiger partial charge >= 0.3 is 0 Å². The summed E-state index contributed by atoms with van der Waals surface area (Å²) in [5, 5.41) is 3.39. The first-order valence-electron chi connectivity index (χ1n) is 6.96.